The van der Waals surface area contributed by atoms with Crippen molar-refractivity contribution in [2.45, 2.75) is 44.2 Å². The van der Waals surface area contributed by atoms with Gasteiger partial charge in [-0.2, -0.15) is 4.31 Å². The molecular formula is C8H14ClNO4S. The number of amides is 1. The van der Waals surface area contributed by atoms with Gasteiger partial charge in [-0.15, -0.1) is 0 Å². The Bertz CT molecular complexity index is 298. The fourth-order valence-corrected chi connectivity index (χ4v) is 1.94. The molecule has 1 fully saturated rings. The fourth-order valence-electron chi connectivity index (χ4n) is 0.977. The Morgan fingerprint density at radius 1 is 1.53 bits per heavy atom. The molecule has 88 valence electrons. The summed E-state index contributed by atoms with van der Waals surface area (Å²) in [5.41, 5.74) is -0.711. The fraction of sp³-hybridized carbons (Fsp3) is 0.875. The molecule has 15 heavy (non-hydrogen) atoms. The minimum atomic E-state index is -2.45. The van der Waals surface area contributed by atoms with Gasteiger partial charge in [0.1, 0.15) is 10.6 Å². The highest BCUT2D eigenvalue weighted by Crippen LogP contribution is 2.46. The van der Waals surface area contributed by atoms with E-state index in [4.69, 9.17) is 20.9 Å². The highest BCUT2D eigenvalue weighted by Gasteiger charge is 2.53. The molecule has 1 saturated carbocycles. The van der Waals surface area contributed by atoms with Crippen molar-refractivity contribution in [2.75, 3.05) is 0 Å². The van der Waals surface area contributed by atoms with Crippen LogP contribution in [0.5, 0.6) is 0 Å². The molecule has 0 bridgehead atoms. The van der Waals surface area contributed by atoms with E-state index in [-0.39, 0.29) is 0 Å². The third-order valence-electron chi connectivity index (χ3n) is 1.74. The van der Waals surface area contributed by atoms with Gasteiger partial charge in [-0.3, -0.25) is 4.55 Å². The first-order chi connectivity index (χ1) is 6.66. The van der Waals surface area contributed by atoms with Crippen LogP contribution in [0.3, 0.4) is 0 Å². The first-order valence-electron chi connectivity index (χ1n) is 4.49. The van der Waals surface area contributed by atoms with Crippen LogP contribution in [0.4, 0.5) is 4.79 Å². The van der Waals surface area contributed by atoms with Crippen LogP contribution >= 0.6 is 11.6 Å². The maximum Gasteiger partial charge on any atom is 0.425 e. The van der Waals surface area contributed by atoms with E-state index in [1.807, 2.05) is 0 Å². The van der Waals surface area contributed by atoms with Gasteiger partial charge in [0.05, 0.1) is 0 Å². The number of carbonyl (C=O) groups is 1. The summed E-state index contributed by atoms with van der Waals surface area (Å²) in [4.78, 5) is 10.5. The summed E-state index contributed by atoms with van der Waals surface area (Å²) in [5.74, 6) is 0. The van der Waals surface area contributed by atoms with Crippen molar-refractivity contribution >= 4 is 29.0 Å². The van der Waals surface area contributed by atoms with Gasteiger partial charge in [-0.25, -0.2) is 9.00 Å². The molecule has 5 nitrogen and oxygen atoms in total. The summed E-state index contributed by atoms with van der Waals surface area (Å²) < 4.78 is 25.6. The first kappa shape index (κ1) is 12.7. The van der Waals surface area contributed by atoms with Crippen LogP contribution in [0.1, 0.15) is 33.6 Å². The van der Waals surface area contributed by atoms with Crippen LogP contribution in [0.2, 0.25) is 0 Å². The predicted octanol–water partition coefficient (Wildman–Crippen LogP) is 2.09. The topological polar surface area (TPSA) is 66.8 Å². The van der Waals surface area contributed by atoms with Gasteiger partial charge in [0.15, 0.2) is 0 Å². The second-order valence-corrected chi connectivity index (χ2v) is 5.95. The van der Waals surface area contributed by atoms with Crippen molar-refractivity contribution < 1.29 is 18.3 Å². The Morgan fingerprint density at radius 2 is 2.00 bits per heavy atom. The number of carbonyl (C=O) groups excluding carboxylic acids is 1. The molecule has 1 aliphatic carbocycles. The monoisotopic (exact) mass is 255 g/mol. The lowest BCUT2D eigenvalue weighted by atomic mass is 10.2. The van der Waals surface area contributed by atoms with Crippen molar-refractivity contribution in [2.24, 2.45) is 0 Å². The van der Waals surface area contributed by atoms with Crippen molar-refractivity contribution in [1.82, 2.24) is 4.31 Å². The van der Waals surface area contributed by atoms with E-state index >= 15 is 0 Å². The average molecular weight is 256 g/mol. The Morgan fingerprint density at radius 3 is 2.27 bits per heavy atom. The zero-order valence-electron chi connectivity index (χ0n) is 8.82. The number of rotatable bonds is 2. The van der Waals surface area contributed by atoms with Crippen molar-refractivity contribution in [3.05, 3.63) is 0 Å². The summed E-state index contributed by atoms with van der Waals surface area (Å²) in [6.45, 7) is 5.03. The minimum Gasteiger partial charge on any atom is -0.443 e. The minimum absolute atomic E-state index is 0.500. The van der Waals surface area contributed by atoms with E-state index in [0.717, 1.165) is 0 Å². The van der Waals surface area contributed by atoms with E-state index in [9.17, 15) is 9.00 Å². The average Bonchev–Trinajstić information content (AvgIpc) is 2.62. The molecular weight excluding hydrogens is 242 g/mol. The number of alkyl halides is 1. The first-order valence-corrected chi connectivity index (χ1v) is 5.93. The maximum absolute atomic E-state index is 11.6. The molecule has 0 spiro atoms. The number of nitrogens with zero attached hydrogens (tertiary/aromatic N) is 1. The largest absolute Gasteiger partial charge is 0.443 e. The van der Waals surface area contributed by atoms with E-state index in [0.29, 0.717) is 17.1 Å². The highest BCUT2D eigenvalue weighted by atomic mass is 35.5. The zero-order chi connectivity index (χ0) is 11.9. The van der Waals surface area contributed by atoms with Crippen LogP contribution in [0.15, 0.2) is 0 Å². The smallest absolute Gasteiger partial charge is 0.425 e. The molecule has 0 heterocycles. The van der Waals surface area contributed by atoms with Gasteiger partial charge in [0.2, 0.25) is 0 Å². The molecule has 1 unspecified atom stereocenters. The van der Waals surface area contributed by atoms with Crippen LogP contribution < -0.4 is 0 Å². The lowest BCUT2D eigenvalue weighted by Crippen LogP contribution is -2.43. The Kier molecular flexibility index (Phi) is 3.33. The van der Waals surface area contributed by atoms with Crippen molar-refractivity contribution in [3.63, 3.8) is 0 Å². The maximum atomic E-state index is 11.6. The van der Waals surface area contributed by atoms with Crippen molar-refractivity contribution in [3.8, 4) is 0 Å². The lowest BCUT2D eigenvalue weighted by molar-refractivity contribution is 0.0362. The lowest BCUT2D eigenvalue weighted by Gasteiger charge is -2.27. The summed E-state index contributed by atoms with van der Waals surface area (Å²) in [6, 6.07) is 0. The van der Waals surface area contributed by atoms with E-state index in [1.54, 1.807) is 20.8 Å². The summed E-state index contributed by atoms with van der Waals surface area (Å²) in [7, 11) is 0. The highest BCUT2D eigenvalue weighted by molar-refractivity contribution is 7.77. The quantitative estimate of drug-likeness (QED) is 0.466. The van der Waals surface area contributed by atoms with Crippen LogP contribution in [0, 0.1) is 0 Å². The van der Waals surface area contributed by atoms with Gasteiger partial charge in [-0.05, 0) is 33.6 Å². The van der Waals surface area contributed by atoms with Crippen LogP contribution in [-0.4, -0.2) is 29.8 Å². The normalized spacial score (nSPS) is 20.6. The van der Waals surface area contributed by atoms with Gasteiger partial charge in [0, 0.05) is 0 Å². The Labute approximate surface area is 96.1 Å². The number of hydrogen-bond acceptors (Lipinski definition) is 3. The summed E-state index contributed by atoms with van der Waals surface area (Å²) in [5, 5.41) is 0. The van der Waals surface area contributed by atoms with Gasteiger partial charge >= 0.3 is 6.09 Å². The molecule has 0 saturated heterocycles. The van der Waals surface area contributed by atoms with E-state index in [1.165, 1.54) is 0 Å². The van der Waals surface area contributed by atoms with Gasteiger partial charge in [-0.1, -0.05) is 11.6 Å². The molecule has 0 aromatic rings. The van der Waals surface area contributed by atoms with Crippen molar-refractivity contribution in [1.29, 1.82) is 0 Å². The zero-order valence-corrected chi connectivity index (χ0v) is 10.4. The Balaban J connectivity index is 2.74. The standard InChI is InChI=1S/C8H14ClNO4S/c1-7(2,3)14-6(11)10(15(12)13)8(9)4-5-8/h4-5H2,1-3H3,(H,12,13). The van der Waals surface area contributed by atoms with Crippen LogP contribution in [0.25, 0.3) is 0 Å². The molecule has 7 heteroatoms. The molecule has 1 amide bonds. The molecule has 0 aromatic carbocycles. The molecule has 1 atom stereocenters. The number of ether oxygens (including phenoxy) is 1. The third kappa shape index (κ3) is 3.32. The van der Waals surface area contributed by atoms with E-state index in [2.05, 4.69) is 0 Å². The predicted molar refractivity (Wildman–Crippen MR) is 56.7 cm³/mol. The summed E-state index contributed by atoms with van der Waals surface area (Å²) >= 11 is 3.45. The van der Waals surface area contributed by atoms with Gasteiger partial charge in [0.25, 0.3) is 11.3 Å². The summed E-state index contributed by atoms with van der Waals surface area (Å²) in [6.07, 6.45) is 0.135. The van der Waals surface area contributed by atoms with E-state index < -0.39 is 28.0 Å². The molecule has 0 radical (unpaired) electrons. The SMILES string of the molecule is CC(C)(C)OC(=O)N(S(=O)O)C1(Cl)CC1. The molecule has 0 aromatic heterocycles. The third-order valence-corrected chi connectivity index (χ3v) is 3.20. The molecule has 1 N–H and O–H groups in total. The number of hydrogen-bond donors (Lipinski definition) is 1. The number of halogens is 1. The second-order valence-electron chi connectivity index (χ2n) is 4.42. The Hall–Kier alpha value is -0.330. The molecule has 1 aliphatic rings. The molecule has 1 rings (SSSR count). The molecule has 0 aliphatic heterocycles. The second kappa shape index (κ2) is 3.92. The van der Waals surface area contributed by atoms with Gasteiger partial charge < -0.3 is 4.74 Å². The van der Waals surface area contributed by atoms with Crippen LogP contribution in [-0.2, 0) is 16.0 Å².